The monoisotopic (exact) mass is 301 g/mol. The molecule has 0 aliphatic carbocycles. The van der Waals surface area contributed by atoms with Crippen molar-refractivity contribution in [1.29, 1.82) is 0 Å². The molecule has 0 spiro atoms. The molecule has 0 heterocycles. The molecule has 0 bridgehead atoms. The van der Waals surface area contributed by atoms with Crippen LogP contribution in [0, 0.1) is 5.82 Å². The Labute approximate surface area is 130 Å². The molecule has 0 amide bonds. The van der Waals surface area contributed by atoms with Crippen LogP contribution in [0.4, 0.5) is 4.39 Å². The Morgan fingerprint density at radius 1 is 1.05 bits per heavy atom. The third kappa shape index (κ3) is 5.44. The van der Waals surface area contributed by atoms with Gasteiger partial charge in [0.05, 0.1) is 6.54 Å². The van der Waals surface area contributed by atoms with Crippen LogP contribution in [0.1, 0.15) is 5.56 Å². The molecule has 0 unspecified atom stereocenters. The number of benzene rings is 2. The van der Waals surface area contributed by atoms with E-state index in [9.17, 15) is 4.39 Å². The van der Waals surface area contributed by atoms with Crippen molar-refractivity contribution in [1.82, 2.24) is 10.6 Å². The highest BCUT2D eigenvalue weighted by molar-refractivity contribution is 5.79. The van der Waals surface area contributed by atoms with Crippen LogP contribution in [0.3, 0.4) is 0 Å². The number of aliphatic imine (C=N–C) groups is 1. The minimum atomic E-state index is -0.232. The lowest BCUT2D eigenvalue weighted by Crippen LogP contribution is -2.38. The number of guanidine groups is 1. The van der Waals surface area contributed by atoms with Gasteiger partial charge in [-0.1, -0.05) is 30.3 Å². The van der Waals surface area contributed by atoms with Crippen LogP contribution in [0.15, 0.2) is 59.6 Å². The Morgan fingerprint density at radius 2 is 1.77 bits per heavy atom. The van der Waals surface area contributed by atoms with E-state index in [1.165, 1.54) is 12.1 Å². The Morgan fingerprint density at radius 3 is 2.45 bits per heavy atom. The SMILES string of the molecule is CN=C(NCCOc1ccccc1)NCc1ccc(F)cc1. The van der Waals surface area contributed by atoms with Gasteiger partial charge in [-0.15, -0.1) is 0 Å². The summed E-state index contributed by atoms with van der Waals surface area (Å²) in [6, 6.07) is 16.0. The Balaban J connectivity index is 1.68. The first kappa shape index (κ1) is 15.8. The summed E-state index contributed by atoms with van der Waals surface area (Å²) in [5, 5.41) is 6.33. The van der Waals surface area contributed by atoms with E-state index in [0.29, 0.717) is 25.7 Å². The third-order valence-electron chi connectivity index (χ3n) is 3.00. The van der Waals surface area contributed by atoms with Gasteiger partial charge in [-0.3, -0.25) is 4.99 Å². The lowest BCUT2D eigenvalue weighted by Gasteiger charge is -2.12. The molecule has 0 radical (unpaired) electrons. The van der Waals surface area contributed by atoms with Crippen LogP contribution < -0.4 is 15.4 Å². The maximum absolute atomic E-state index is 12.8. The maximum atomic E-state index is 12.8. The zero-order valence-corrected chi connectivity index (χ0v) is 12.6. The highest BCUT2D eigenvalue weighted by atomic mass is 19.1. The van der Waals surface area contributed by atoms with Gasteiger partial charge in [0.15, 0.2) is 5.96 Å². The molecule has 0 fully saturated rings. The van der Waals surface area contributed by atoms with Crippen LogP contribution in [0.5, 0.6) is 5.75 Å². The van der Waals surface area contributed by atoms with Crippen molar-refractivity contribution < 1.29 is 9.13 Å². The molecule has 0 saturated carbocycles. The molecular formula is C17H20FN3O. The molecule has 4 nitrogen and oxygen atoms in total. The van der Waals surface area contributed by atoms with E-state index in [1.807, 2.05) is 30.3 Å². The number of nitrogens with one attached hydrogen (secondary N) is 2. The van der Waals surface area contributed by atoms with Crippen LogP contribution >= 0.6 is 0 Å². The van der Waals surface area contributed by atoms with Gasteiger partial charge in [-0.2, -0.15) is 0 Å². The molecule has 2 aromatic rings. The van der Waals surface area contributed by atoms with Crippen molar-refractivity contribution in [2.45, 2.75) is 6.54 Å². The zero-order valence-electron chi connectivity index (χ0n) is 12.6. The molecule has 5 heteroatoms. The summed E-state index contributed by atoms with van der Waals surface area (Å²) in [6.07, 6.45) is 0. The molecule has 2 rings (SSSR count). The van der Waals surface area contributed by atoms with Gasteiger partial charge in [-0.25, -0.2) is 4.39 Å². The second-order valence-corrected chi connectivity index (χ2v) is 4.64. The predicted molar refractivity (Wildman–Crippen MR) is 86.5 cm³/mol. The van der Waals surface area contributed by atoms with Gasteiger partial charge >= 0.3 is 0 Å². The lowest BCUT2D eigenvalue weighted by atomic mass is 10.2. The molecule has 0 saturated heterocycles. The highest BCUT2D eigenvalue weighted by Crippen LogP contribution is 2.07. The predicted octanol–water partition coefficient (Wildman–Crippen LogP) is 2.57. The third-order valence-corrected chi connectivity index (χ3v) is 3.00. The smallest absolute Gasteiger partial charge is 0.191 e. The fraction of sp³-hybridized carbons (Fsp3) is 0.235. The fourth-order valence-corrected chi connectivity index (χ4v) is 1.86. The first-order chi connectivity index (χ1) is 10.8. The summed E-state index contributed by atoms with van der Waals surface area (Å²) in [5.74, 6) is 1.30. The lowest BCUT2D eigenvalue weighted by molar-refractivity contribution is 0.322. The number of hydrogen-bond acceptors (Lipinski definition) is 2. The Bertz CT molecular complexity index is 585. The Kier molecular flexibility index (Phi) is 6.23. The molecule has 0 aliphatic heterocycles. The van der Waals surface area contributed by atoms with Crippen molar-refractivity contribution >= 4 is 5.96 Å². The maximum Gasteiger partial charge on any atom is 0.191 e. The van der Waals surface area contributed by atoms with Crippen molar-refractivity contribution in [2.75, 3.05) is 20.2 Å². The molecule has 2 aromatic carbocycles. The van der Waals surface area contributed by atoms with Crippen molar-refractivity contribution in [3.05, 3.63) is 66.0 Å². The number of nitrogens with zero attached hydrogens (tertiary/aromatic N) is 1. The van der Waals surface area contributed by atoms with Gasteiger partial charge in [0, 0.05) is 13.6 Å². The quantitative estimate of drug-likeness (QED) is 0.490. The normalized spacial score (nSPS) is 11.1. The van der Waals surface area contributed by atoms with E-state index < -0.39 is 0 Å². The minimum Gasteiger partial charge on any atom is -0.492 e. The van der Waals surface area contributed by atoms with Gasteiger partial charge in [-0.05, 0) is 29.8 Å². The van der Waals surface area contributed by atoms with Gasteiger partial charge in [0.25, 0.3) is 0 Å². The summed E-state index contributed by atoms with van der Waals surface area (Å²) in [4.78, 5) is 4.13. The molecule has 116 valence electrons. The van der Waals surface area contributed by atoms with E-state index in [0.717, 1.165) is 11.3 Å². The number of para-hydroxylation sites is 1. The van der Waals surface area contributed by atoms with E-state index in [-0.39, 0.29) is 5.82 Å². The molecular weight excluding hydrogens is 281 g/mol. The first-order valence-electron chi connectivity index (χ1n) is 7.15. The molecule has 0 aromatic heterocycles. The first-order valence-corrected chi connectivity index (χ1v) is 7.15. The average molecular weight is 301 g/mol. The highest BCUT2D eigenvalue weighted by Gasteiger charge is 1.99. The standard InChI is InChI=1S/C17H20FN3O/c1-19-17(21-13-14-7-9-15(18)10-8-14)20-11-12-22-16-5-3-2-4-6-16/h2-10H,11-13H2,1H3,(H2,19,20,21). The second kappa shape index (κ2) is 8.67. The van der Waals surface area contributed by atoms with Gasteiger partial charge in [0.2, 0.25) is 0 Å². The van der Waals surface area contributed by atoms with Crippen LogP contribution in [0.2, 0.25) is 0 Å². The molecule has 0 aliphatic rings. The van der Waals surface area contributed by atoms with Crippen molar-refractivity contribution in [2.24, 2.45) is 4.99 Å². The van der Waals surface area contributed by atoms with Crippen LogP contribution in [-0.2, 0) is 6.54 Å². The van der Waals surface area contributed by atoms with Gasteiger partial charge in [0.1, 0.15) is 18.2 Å². The van der Waals surface area contributed by atoms with Crippen LogP contribution in [0.25, 0.3) is 0 Å². The van der Waals surface area contributed by atoms with E-state index in [1.54, 1.807) is 19.2 Å². The van der Waals surface area contributed by atoms with Gasteiger partial charge < -0.3 is 15.4 Å². The van der Waals surface area contributed by atoms with E-state index >= 15 is 0 Å². The summed E-state index contributed by atoms with van der Waals surface area (Å²) >= 11 is 0. The zero-order chi connectivity index (χ0) is 15.6. The topological polar surface area (TPSA) is 45.7 Å². The molecule has 22 heavy (non-hydrogen) atoms. The number of halogens is 1. The fourth-order valence-electron chi connectivity index (χ4n) is 1.86. The molecule has 0 atom stereocenters. The summed E-state index contributed by atoms with van der Waals surface area (Å²) in [6.45, 7) is 1.76. The van der Waals surface area contributed by atoms with Crippen molar-refractivity contribution in [3.63, 3.8) is 0 Å². The van der Waals surface area contributed by atoms with E-state index in [4.69, 9.17) is 4.74 Å². The minimum absolute atomic E-state index is 0.232. The average Bonchev–Trinajstić information content (AvgIpc) is 2.57. The summed E-state index contributed by atoms with van der Waals surface area (Å²) in [7, 11) is 1.71. The van der Waals surface area contributed by atoms with E-state index in [2.05, 4.69) is 15.6 Å². The number of rotatable bonds is 6. The summed E-state index contributed by atoms with van der Waals surface area (Å²) < 4.78 is 18.4. The van der Waals surface area contributed by atoms with Crippen molar-refractivity contribution in [3.8, 4) is 5.75 Å². The molecule has 2 N–H and O–H groups in total. The second-order valence-electron chi connectivity index (χ2n) is 4.64. The summed E-state index contributed by atoms with van der Waals surface area (Å²) in [5.41, 5.74) is 0.991. The number of ether oxygens (including phenoxy) is 1. The largest absolute Gasteiger partial charge is 0.492 e. The Hall–Kier alpha value is -2.56. The number of hydrogen-bond donors (Lipinski definition) is 2. The van der Waals surface area contributed by atoms with Crippen LogP contribution in [-0.4, -0.2) is 26.2 Å².